The van der Waals surface area contributed by atoms with Crippen LogP contribution in [0.4, 0.5) is 0 Å². The van der Waals surface area contributed by atoms with Gasteiger partial charge in [-0.05, 0) is 37.5 Å². The minimum absolute atomic E-state index is 0.725. The highest BCUT2D eigenvalue weighted by atomic mass is 35.5. The van der Waals surface area contributed by atoms with Crippen molar-refractivity contribution in [3.63, 3.8) is 0 Å². The second-order valence-corrected chi connectivity index (χ2v) is 5.96. The Bertz CT molecular complexity index is 657. The first kappa shape index (κ1) is 19.1. The number of imidazole rings is 1. The van der Waals surface area contributed by atoms with Gasteiger partial charge in [-0.25, -0.2) is 4.98 Å². The van der Waals surface area contributed by atoms with Gasteiger partial charge >= 0.3 is 0 Å². The van der Waals surface area contributed by atoms with E-state index < -0.39 is 0 Å². The quantitative estimate of drug-likeness (QED) is 0.408. The lowest BCUT2D eigenvalue weighted by Gasteiger charge is -2.12. The fourth-order valence-corrected chi connectivity index (χ4v) is 2.64. The molecule has 0 atom stereocenters. The number of hydrogen-bond donors (Lipinski definition) is 2. The number of benzene rings is 1. The highest BCUT2D eigenvalue weighted by Crippen LogP contribution is 2.22. The van der Waals surface area contributed by atoms with E-state index in [1.54, 1.807) is 13.3 Å². The van der Waals surface area contributed by atoms with Crippen LogP contribution in [0.2, 0.25) is 5.02 Å². The second-order valence-electron chi connectivity index (χ2n) is 5.55. The van der Waals surface area contributed by atoms with E-state index >= 15 is 0 Å². The Labute approximate surface area is 154 Å². The fourth-order valence-electron chi connectivity index (χ4n) is 2.38. The zero-order chi connectivity index (χ0) is 17.9. The molecule has 25 heavy (non-hydrogen) atoms. The van der Waals surface area contributed by atoms with E-state index in [1.165, 1.54) is 0 Å². The number of aryl methyl sites for hydroxylation is 1. The lowest BCUT2D eigenvalue weighted by atomic mass is 10.1. The number of hydrogen-bond acceptors (Lipinski definition) is 3. The van der Waals surface area contributed by atoms with Crippen molar-refractivity contribution < 1.29 is 4.74 Å². The van der Waals surface area contributed by atoms with Gasteiger partial charge < -0.3 is 19.9 Å². The molecule has 2 rings (SSSR count). The molecule has 1 heterocycles. The number of nitrogens with zero attached hydrogens (tertiary/aromatic N) is 3. The van der Waals surface area contributed by atoms with Gasteiger partial charge in [0.05, 0.1) is 13.4 Å². The first-order chi connectivity index (χ1) is 12.2. The van der Waals surface area contributed by atoms with Gasteiger partial charge in [-0.2, -0.15) is 0 Å². The summed E-state index contributed by atoms with van der Waals surface area (Å²) in [4.78, 5) is 8.64. The molecule has 0 aliphatic heterocycles. The van der Waals surface area contributed by atoms with Crippen LogP contribution in [0.25, 0.3) is 0 Å². The molecule has 0 saturated heterocycles. The van der Waals surface area contributed by atoms with Crippen molar-refractivity contribution in [3.05, 3.63) is 47.5 Å². The Morgan fingerprint density at radius 3 is 2.92 bits per heavy atom. The minimum Gasteiger partial charge on any atom is -0.497 e. The first-order valence-electron chi connectivity index (χ1n) is 8.53. The highest BCUT2D eigenvalue weighted by Gasteiger charge is 2.03. The Kier molecular flexibility index (Phi) is 8.12. The van der Waals surface area contributed by atoms with Gasteiger partial charge in [-0.1, -0.05) is 17.7 Å². The van der Waals surface area contributed by atoms with Crippen molar-refractivity contribution in [2.45, 2.75) is 26.3 Å². The van der Waals surface area contributed by atoms with Gasteiger partial charge in [0.1, 0.15) is 5.75 Å². The summed E-state index contributed by atoms with van der Waals surface area (Å²) < 4.78 is 7.23. The summed E-state index contributed by atoms with van der Waals surface area (Å²) in [6.45, 7) is 5.33. The van der Waals surface area contributed by atoms with Crippen LogP contribution >= 0.6 is 11.6 Å². The molecular weight excluding hydrogens is 338 g/mol. The molecule has 6 nitrogen and oxygen atoms in total. The molecule has 0 spiro atoms. The molecule has 0 amide bonds. The summed E-state index contributed by atoms with van der Waals surface area (Å²) in [6, 6.07) is 5.76. The van der Waals surface area contributed by atoms with Crippen LogP contribution in [0.1, 0.15) is 18.9 Å². The molecule has 136 valence electrons. The normalized spacial score (nSPS) is 11.4. The van der Waals surface area contributed by atoms with Crippen molar-refractivity contribution in [1.82, 2.24) is 20.2 Å². The summed E-state index contributed by atoms with van der Waals surface area (Å²) in [6.07, 6.45) is 7.37. The van der Waals surface area contributed by atoms with Crippen LogP contribution in [0.5, 0.6) is 5.75 Å². The van der Waals surface area contributed by atoms with Crippen molar-refractivity contribution in [3.8, 4) is 5.75 Å². The summed E-state index contributed by atoms with van der Waals surface area (Å²) in [7, 11) is 1.64. The van der Waals surface area contributed by atoms with Gasteiger partial charge in [-0.15, -0.1) is 0 Å². The summed E-state index contributed by atoms with van der Waals surface area (Å²) in [5.41, 5.74) is 1.09. The second kappa shape index (κ2) is 10.6. The van der Waals surface area contributed by atoms with E-state index in [2.05, 4.69) is 32.1 Å². The van der Waals surface area contributed by atoms with E-state index in [0.29, 0.717) is 0 Å². The SMILES string of the molecule is CCNC(=NCCCn1ccnc1)NCCc1ccc(OC)cc1Cl. The maximum Gasteiger partial charge on any atom is 0.191 e. The molecule has 0 aliphatic rings. The van der Waals surface area contributed by atoms with Gasteiger partial charge in [0.15, 0.2) is 5.96 Å². The summed E-state index contributed by atoms with van der Waals surface area (Å²) in [5.74, 6) is 1.60. The number of ether oxygens (including phenoxy) is 1. The molecule has 0 bridgehead atoms. The number of rotatable bonds is 9. The Hall–Kier alpha value is -2.21. The number of halogens is 1. The molecule has 0 aliphatic carbocycles. The number of methoxy groups -OCH3 is 1. The number of aliphatic imine (C=N–C) groups is 1. The van der Waals surface area contributed by atoms with E-state index in [0.717, 1.165) is 61.3 Å². The molecule has 0 fully saturated rings. The predicted octanol–water partition coefficient (Wildman–Crippen LogP) is 2.73. The maximum absolute atomic E-state index is 6.27. The van der Waals surface area contributed by atoms with Crippen molar-refractivity contribution in [2.75, 3.05) is 26.7 Å². The third kappa shape index (κ3) is 6.66. The zero-order valence-corrected chi connectivity index (χ0v) is 15.6. The van der Waals surface area contributed by atoms with E-state index in [-0.39, 0.29) is 0 Å². The molecule has 7 heteroatoms. The van der Waals surface area contributed by atoms with E-state index in [9.17, 15) is 0 Å². The molecule has 0 unspecified atom stereocenters. The molecule has 0 saturated carbocycles. The lowest BCUT2D eigenvalue weighted by Crippen LogP contribution is -2.38. The Morgan fingerprint density at radius 2 is 2.24 bits per heavy atom. The van der Waals surface area contributed by atoms with Crippen LogP contribution in [0.3, 0.4) is 0 Å². The standard InChI is InChI=1S/C18H26ClN5O/c1-3-21-18(22-8-4-11-24-12-10-20-14-24)23-9-7-15-5-6-16(25-2)13-17(15)19/h5-6,10,12-14H,3-4,7-9,11H2,1-2H3,(H2,21,22,23). The maximum atomic E-state index is 6.27. The smallest absolute Gasteiger partial charge is 0.191 e. The molecule has 2 N–H and O–H groups in total. The molecule has 2 aromatic rings. The molecule has 1 aromatic carbocycles. The van der Waals surface area contributed by atoms with Crippen LogP contribution in [0, 0.1) is 0 Å². The third-order valence-electron chi connectivity index (χ3n) is 3.69. The Balaban J connectivity index is 1.77. The molecular formula is C18H26ClN5O. The van der Waals surface area contributed by atoms with E-state index in [4.69, 9.17) is 16.3 Å². The van der Waals surface area contributed by atoms with Crippen molar-refractivity contribution in [2.24, 2.45) is 4.99 Å². The van der Waals surface area contributed by atoms with Gasteiger partial charge in [0.2, 0.25) is 0 Å². The Morgan fingerprint density at radius 1 is 1.36 bits per heavy atom. The van der Waals surface area contributed by atoms with Crippen molar-refractivity contribution >= 4 is 17.6 Å². The van der Waals surface area contributed by atoms with Gasteiger partial charge in [0.25, 0.3) is 0 Å². The topological polar surface area (TPSA) is 63.5 Å². The number of guanidine groups is 1. The summed E-state index contributed by atoms with van der Waals surface area (Å²) in [5, 5.41) is 7.34. The monoisotopic (exact) mass is 363 g/mol. The van der Waals surface area contributed by atoms with Gasteiger partial charge in [-0.3, -0.25) is 4.99 Å². The van der Waals surface area contributed by atoms with Crippen LogP contribution in [-0.2, 0) is 13.0 Å². The van der Waals surface area contributed by atoms with Crippen LogP contribution in [0.15, 0.2) is 41.9 Å². The van der Waals surface area contributed by atoms with Crippen LogP contribution < -0.4 is 15.4 Å². The van der Waals surface area contributed by atoms with E-state index in [1.807, 2.05) is 30.7 Å². The predicted molar refractivity (Wildman–Crippen MR) is 103 cm³/mol. The highest BCUT2D eigenvalue weighted by molar-refractivity contribution is 6.31. The average molecular weight is 364 g/mol. The first-order valence-corrected chi connectivity index (χ1v) is 8.91. The lowest BCUT2D eigenvalue weighted by molar-refractivity contribution is 0.414. The molecule has 0 radical (unpaired) electrons. The minimum atomic E-state index is 0.725. The zero-order valence-electron chi connectivity index (χ0n) is 14.8. The number of aromatic nitrogens is 2. The van der Waals surface area contributed by atoms with Crippen LogP contribution in [-0.4, -0.2) is 42.3 Å². The largest absolute Gasteiger partial charge is 0.497 e. The number of nitrogens with one attached hydrogen (secondary N) is 2. The average Bonchev–Trinajstić information content (AvgIpc) is 3.13. The third-order valence-corrected chi connectivity index (χ3v) is 4.05. The molecule has 1 aromatic heterocycles. The summed E-state index contributed by atoms with van der Waals surface area (Å²) >= 11 is 6.27. The fraction of sp³-hybridized carbons (Fsp3) is 0.444. The van der Waals surface area contributed by atoms with Gasteiger partial charge in [0, 0.05) is 43.6 Å². The van der Waals surface area contributed by atoms with Crippen molar-refractivity contribution in [1.29, 1.82) is 0 Å².